The van der Waals surface area contributed by atoms with Gasteiger partial charge in [0.25, 0.3) is 0 Å². The van der Waals surface area contributed by atoms with Gasteiger partial charge in [-0.3, -0.25) is 0 Å². The zero-order chi connectivity index (χ0) is 17.6. The van der Waals surface area contributed by atoms with Gasteiger partial charge in [0.05, 0.1) is 12.3 Å². The van der Waals surface area contributed by atoms with Gasteiger partial charge in [0, 0.05) is 11.8 Å². The van der Waals surface area contributed by atoms with Gasteiger partial charge in [-0.1, -0.05) is 19.4 Å². The van der Waals surface area contributed by atoms with Gasteiger partial charge < -0.3 is 9.84 Å². The number of carboxylic acid groups (broad SMARTS) is 1. The van der Waals surface area contributed by atoms with Crippen LogP contribution in [0.4, 0.5) is 0 Å². The van der Waals surface area contributed by atoms with Crippen molar-refractivity contribution in [3.63, 3.8) is 0 Å². The van der Waals surface area contributed by atoms with Crippen molar-refractivity contribution < 1.29 is 14.6 Å². The van der Waals surface area contributed by atoms with E-state index in [0.717, 1.165) is 54.5 Å². The Bertz CT molecular complexity index is 799. The summed E-state index contributed by atoms with van der Waals surface area (Å²) in [4.78, 5) is 19.9. The minimum Gasteiger partial charge on any atom is -0.477 e. The van der Waals surface area contributed by atoms with Crippen molar-refractivity contribution in [2.75, 3.05) is 6.61 Å². The second-order valence-corrected chi connectivity index (χ2v) is 6.08. The number of allylic oxidation sites excluding steroid dienone is 2. The number of ether oxygens (including phenoxy) is 1. The molecule has 2 aromatic heterocycles. The summed E-state index contributed by atoms with van der Waals surface area (Å²) in [7, 11) is 0. The van der Waals surface area contributed by atoms with Crippen LogP contribution in [0, 0.1) is 0 Å². The smallest absolute Gasteiger partial charge is 0.354 e. The minimum absolute atomic E-state index is 0.0712. The third-order valence-corrected chi connectivity index (χ3v) is 4.33. The van der Waals surface area contributed by atoms with Crippen LogP contribution in [0.5, 0.6) is 5.88 Å². The van der Waals surface area contributed by atoms with Crippen LogP contribution in [-0.4, -0.2) is 27.7 Å². The number of carbonyl (C=O) groups is 1. The van der Waals surface area contributed by atoms with Crippen LogP contribution < -0.4 is 4.74 Å². The van der Waals surface area contributed by atoms with Gasteiger partial charge >= 0.3 is 5.97 Å². The SMILES string of the molecule is CCCCOc1ncccc1C1=C(c2cccc(C(=O)O)n2)CCC1. The summed E-state index contributed by atoms with van der Waals surface area (Å²) in [5.41, 5.74) is 4.05. The normalized spacial score (nSPS) is 14.0. The molecule has 0 aromatic carbocycles. The molecular formula is C20H22N2O3. The van der Waals surface area contributed by atoms with Crippen LogP contribution in [0.15, 0.2) is 36.5 Å². The number of rotatable bonds is 7. The number of pyridine rings is 2. The zero-order valence-electron chi connectivity index (χ0n) is 14.4. The predicted molar refractivity (Wildman–Crippen MR) is 96.5 cm³/mol. The van der Waals surface area contributed by atoms with Crippen molar-refractivity contribution >= 4 is 17.1 Å². The fourth-order valence-electron chi connectivity index (χ4n) is 3.09. The molecule has 2 heterocycles. The molecule has 25 heavy (non-hydrogen) atoms. The van der Waals surface area contributed by atoms with E-state index >= 15 is 0 Å². The molecular weight excluding hydrogens is 316 g/mol. The second-order valence-electron chi connectivity index (χ2n) is 6.08. The first kappa shape index (κ1) is 17.1. The third-order valence-electron chi connectivity index (χ3n) is 4.33. The van der Waals surface area contributed by atoms with Crippen LogP contribution >= 0.6 is 0 Å². The summed E-state index contributed by atoms with van der Waals surface area (Å²) >= 11 is 0. The lowest BCUT2D eigenvalue weighted by Crippen LogP contribution is -2.03. The van der Waals surface area contributed by atoms with E-state index in [1.807, 2.05) is 18.2 Å². The van der Waals surface area contributed by atoms with Gasteiger partial charge in [0.1, 0.15) is 5.69 Å². The van der Waals surface area contributed by atoms with Crippen molar-refractivity contribution in [1.82, 2.24) is 9.97 Å². The largest absolute Gasteiger partial charge is 0.477 e. The van der Waals surface area contributed by atoms with Crippen molar-refractivity contribution in [2.45, 2.75) is 39.0 Å². The highest BCUT2D eigenvalue weighted by Gasteiger charge is 2.22. The number of aromatic carboxylic acids is 1. The summed E-state index contributed by atoms with van der Waals surface area (Å²) in [6.45, 7) is 2.78. The van der Waals surface area contributed by atoms with E-state index in [9.17, 15) is 9.90 Å². The van der Waals surface area contributed by atoms with Crippen molar-refractivity contribution in [2.24, 2.45) is 0 Å². The summed E-state index contributed by atoms with van der Waals surface area (Å²) in [6.07, 6.45) is 6.63. The van der Waals surface area contributed by atoms with Gasteiger partial charge in [-0.2, -0.15) is 0 Å². The molecule has 0 spiro atoms. The summed E-state index contributed by atoms with van der Waals surface area (Å²) in [5.74, 6) is -0.355. The molecule has 5 heteroatoms. The van der Waals surface area contributed by atoms with Crippen LogP contribution in [0.3, 0.4) is 0 Å². The van der Waals surface area contributed by atoms with E-state index in [4.69, 9.17) is 4.74 Å². The lowest BCUT2D eigenvalue weighted by Gasteiger charge is -2.13. The molecule has 1 aliphatic carbocycles. The Morgan fingerprint density at radius 2 is 2.04 bits per heavy atom. The fraction of sp³-hybridized carbons (Fsp3) is 0.350. The zero-order valence-corrected chi connectivity index (χ0v) is 14.4. The van der Waals surface area contributed by atoms with E-state index in [1.54, 1.807) is 12.3 Å². The highest BCUT2D eigenvalue weighted by atomic mass is 16.5. The number of unbranched alkanes of at least 4 members (excludes halogenated alkanes) is 1. The first-order valence-electron chi connectivity index (χ1n) is 8.71. The van der Waals surface area contributed by atoms with Gasteiger partial charge in [-0.05, 0) is 61.1 Å². The number of hydrogen-bond acceptors (Lipinski definition) is 4. The maximum atomic E-state index is 11.2. The second kappa shape index (κ2) is 7.92. The Balaban J connectivity index is 1.99. The topological polar surface area (TPSA) is 72.3 Å². The van der Waals surface area contributed by atoms with Crippen LogP contribution in [0.1, 0.15) is 60.8 Å². The summed E-state index contributed by atoms with van der Waals surface area (Å²) in [6, 6.07) is 9.07. The van der Waals surface area contributed by atoms with E-state index in [1.165, 1.54) is 6.07 Å². The molecule has 0 unspecified atom stereocenters. The molecule has 0 saturated carbocycles. The van der Waals surface area contributed by atoms with E-state index in [-0.39, 0.29) is 5.69 Å². The van der Waals surface area contributed by atoms with E-state index in [2.05, 4.69) is 16.9 Å². The Morgan fingerprint density at radius 1 is 1.20 bits per heavy atom. The Hall–Kier alpha value is -2.69. The van der Waals surface area contributed by atoms with Crippen LogP contribution in [0.25, 0.3) is 11.1 Å². The highest BCUT2D eigenvalue weighted by Crippen LogP contribution is 2.41. The van der Waals surface area contributed by atoms with E-state index < -0.39 is 5.97 Å². The third kappa shape index (κ3) is 3.87. The fourth-order valence-corrected chi connectivity index (χ4v) is 3.09. The minimum atomic E-state index is -1.01. The molecule has 0 atom stereocenters. The molecule has 0 amide bonds. The van der Waals surface area contributed by atoms with Crippen LogP contribution in [0.2, 0.25) is 0 Å². The number of carboxylic acids is 1. The molecule has 130 valence electrons. The van der Waals surface area contributed by atoms with Crippen molar-refractivity contribution in [1.29, 1.82) is 0 Å². The molecule has 0 fully saturated rings. The number of nitrogens with zero attached hydrogens (tertiary/aromatic N) is 2. The Morgan fingerprint density at radius 3 is 2.84 bits per heavy atom. The average molecular weight is 338 g/mol. The van der Waals surface area contributed by atoms with E-state index in [0.29, 0.717) is 12.5 Å². The summed E-state index contributed by atoms with van der Waals surface area (Å²) < 4.78 is 5.88. The maximum Gasteiger partial charge on any atom is 0.354 e. The van der Waals surface area contributed by atoms with Gasteiger partial charge in [0.15, 0.2) is 0 Å². The van der Waals surface area contributed by atoms with Crippen molar-refractivity contribution in [3.8, 4) is 5.88 Å². The summed E-state index contributed by atoms with van der Waals surface area (Å²) in [5, 5.41) is 9.19. The molecule has 0 saturated heterocycles. The Kier molecular flexibility index (Phi) is 5.43. The lowest BCUT2D eigenvalue weighted by molar-refractivity contribution is 0.0690. The predicted octanol–water partition coefficient (Wildman–Crippen LogP) is 4.45. The molecule has 0 aliphatic heterocycles. The first-order valence-corrected chi connectivity index (χ1v) is 8.71. The monoisotopic (exact) mass is 338 g/mol. The molecule has 2 aromatic rings. The standard InChI is InChI=1S/C20H22N2O3/c1-2-3-13-25-19-16(9-6-12-21-19)14-7-4-8-15(14)17-10-5-11-18(22-17)20(23)24/h5-6,9-12H,2-4,7-8,13H2,1H3,(H,23,24). The average Bonchev–Trinajstić information content (AvgIpc) is 3.12. The quantitative estimate of drug-likeness (QED) is 0.755. The molecule has 1 N–H and O–H groups in total. The van der Waals surface area contributed by atoms with Crippen LogP contribution in [-0.2, 0) is 0 Å². The van der Waals surface area contributed by atoms with Gasteiger partial charge in [-0.15, -0.1) is 0 Å². The molecule has 0 radical (unpaired) electrons. The molecule has 3 rings (SSSR count). The molecule has 5 nitrogen and oxygen atoms in total. The maximum absolute atomic E-state index is 11.2. The van der Waals surface area contributed by atoms with Gasteiger partial charge in [0.2, 0.25) is 5.88 Å². The molecule has 1 aliphatic rings. The first-order chi connectivity index (χ1) is 12.2. The highest BCUT2D eigenvalue weighted by molar-refractivity contribution is 5.94. The number of aromatic nitrogens is 2. The number of hydrogen-bond donors (Lipinski definition) is 1. The lowest BCUT2D eigenvalue weighted by atomic mass is 10.0. The van der Waals surface area contributed by atoms with Gasteiger partial charge in [-0.25, -0.2) is 14.8 Å². The Labute approximate surface area is 147 Å². The van der Waals surface area contributed by atoms with Crippen molar-refractivity contribution in [3.05, 3.63) is 53.5 Å². The molecule has 0 bridgehead atoms.